The van der Waals surface area contributed by atoms with Crippen LogP contribution in [0.25, 0.3) is 16.7 Å². The molecule has 0 unspecified atom stereocenters. The number of hydrogen-bond acceptors (Lipinski definition) is 2. The molecule has 0 radical (unpaired) electrons. The molecule has 0 amide bonds. The molecule has 3 aromatic rings. The summed E-state index contributed by atoms with van der Waals surface area (Å²) in [6.07, 6.45) is 0. The molecule has 2 aromatic carbocycles. The van der Waals surface area contributed by atoms with Crippen molar-refractivity contribution in [1.29, 1.82) is 0 Å². The molecule has 0 spiro atoms. The van der Waals surface area contributed by atoms with E-state index < -0.39 is 0 Å². The van der Waals surface area contributed by atoms with E-state index in [2.05, 4.69) is 26.2 Å². The number of benzene rings is 2. The van der Waals surface area contributed by atoms with E-state index >= 15 is 0 Å². The van der Waals surface area contributed by atoms with Crippen LogP contribution >= 0.6 is 27.5 Å². The van der Waals surface area contributed by atoms with E-state index in [-0.39, 0.29) is 0 Å². The lowest BCUT2D eigenvalue weighted by atomic mass is 10.3. The summed E-state index contributed by atoms with van der Waals surface area (Å²) in [5.74, 6) is 0. The summed E-state index contributed by atoms with van der Waals surface area (Å²) in [6.45, 7) is 0. The summed E-state index contributed by atoms with van der Waals surface area (Å²) in [5.41, 5.74) is 2.60. The van der Waals surface area contributed by atoms with Crippen LogP contribution in [-0.2, 0) is 0 Å². The van der Waals surface area contributed by atoms with Crippen molar-refractivity contribution in [3.05, 3.63) is 52.0 Å². The zero-order valence-corrected chi connectivity index (χ0v) is 11.0. The minimum Gasteiger partial charge on any atom is -0.211 e. The molecular weight excluding hydrogens is 302 g/mol. The normalized spacial score (nSPS) is 10.9. The summed E-state index contributed by atoms with van der Waals surface area (Å²) in [4.78, 5) is 0. The monoisotopic (exact) mass is 307 g/mol. The largest absolute Gasteiger partial charge is 0.211 e. The SMILES string of the molecule is Clc1c(Br)cccc1-n1nnc2ccccc21. The fraction of sp³-hybridized carbons (Fsp3) is 0. The number of halogens is 2. The Labute approximate surface area is 111 Å². The topological polar surface area (TPSA) is 30.7 Å². The highest BCUT2D eigenvalue weighted by Gasteiger charge is 2.10. The first-order valence-electron chi connectivity index (χ1n) is 5.02. The molecule has 17 heavy (non-hydrogen) atoms. The van der Waals surface area contributed by atoms with Crippen molar-refractivity contribution >= 4 is 38.6 Å². The van der Waals surface area contributed by atoms with Crippen molar-refractivity contribution < 1.29 is 0 Å². The van der Waals surface area contributed by atoms with E-state index in [4.69, 9.17) is 11.6 Å². The molecule has 5 heteroatoms. The van der Waals surface area contributed by atoms with E-state index in [0.717, 1.165) is 21.2 Å². The third-order valence-corrected chi connectivity index (χ3v) is 3.80. The molecule has 0 aliphatic carbocycles. The molecular formula is C12H7BrClN3. The number of rotatable bonds is 1. The Kier molecular flexibility index (Phi) is 2.61. The number of hydrogen-bond donors (Lipinski definition) is 0. The zero-order valence-electron chi connectivity index (χ0n) is 8.64. The second kappa shape index (κ2) is 4.13. The standard InChI is InChI=1S/C12H7BrClN3/c13-8-4-3-7-11(12(8)14)17-10-6-2-1-5-9(10)15-16-17/h1-7H. The van der Waals surface area contributed by atoms with Crippen molar-refractivity contribution in [2.24, 2.45) is 0 Å². The first-order valence-corrected chi connectivity index (χ1v) is 6.19. The van der Waals surface area contributed by atoms with E-state index in [1.165, 1.54) is 0 Å². The van der Waals surface area contributed by atoms with E-state index in [0.29, 0.717) is 5.02 Å². The number of nitrogens with zero attached hydrogens (tertiary/aromatic N) is 3. The molecule has 0 N–H and O–H groups in total. The maximum absolute atomic E-state index is 6.25. The minimum absolute atomic E-state index is 0.628. The lowest BCUT2D eigenvalue weighted by Crippen LogP contribution is -1.97. The van der Waals surface area contributed by atoms with E-state index in [1.807, 2.05) is 42.5 Å². The zero-order chi connectivity index (χ0) is 11.8. The Morgan fingerprint density at radius 3 is 2.76 bits per heavy atom. The third-order valence-electron chi connectivity index (χ3n) is 2.51. The number of para-hydroxylation sites is 1. The second-order valence-electron chi connectivity index (χ2n) is 3.56. The van der Waals surface area contributed by atoms with Gasteiger partial charge in [0.2, 0.25) is 0 Å². The number of aromatic nitrogens is 3. The molecule has 0 saturated carbocycles. The van der Waals surface area contributed by atoms with Crippen LogP contribution in [0, 0.1) is 0 Å². The van der Waals surface area contributed by atoms with Gasteiger partial charge in [0.15, 0.2) is 0 Å². The van der Waals surface area contributed by atoms with Crippen LogP contribution in [0.2, 0.25) is 5.02 Å². The van der Waals surface area contributed by atoms with Crippen molar-refractivity contribution in [3.8, 4) is 5.69 Å². The summed E-state index contributed by atoms with van der Waals surface area (Å²) in [7, 11) is 0. The molecule has 3 nitrogen and oxygen atoms in total. The van der Waals surface area contributed by atoms with Crippen LogP contribution in [0.3, 0.4) is 0 Å². The highest BCUT2D eigenvalue weighted by molar-refractivity contribution is 9.10. The van der Waals surface area contributed by atoms with Crippen LogP contribution < -0.4 is 0 Å². The van der Waals surface area contributed by atoms with Crippen molar-refractivity contribution in [3.63, 3.8) is 0 Å². The van der Waals surface area contributed by atoms with Crippen molar-refractivity contribution in [1.82, 2.24) is 15.0 Å². The molecule has 1 heterocycles. The maximum atomic E-state index is 6.25. The van der Waals surface area contributed by atoms with Gasteiger partial charge in [-0.1, -0.05) is 35.0 Å². The molecule has 0 saturated heterocycles. The fourth-order valence-electron chi connectivity index (χ4n) is 1.70. The predicted molar refractivity (Wildman–Crippen MR) is 71.6 cm³/mol. The highest BCUT2D eigenvalue weighted by atomic mass is 79.9. The summed E-state index contributed by atoms with van der Waals surface area (Å²) < 4.78 is 2.58. The van der Waals surface area contributed by atoms with Gasteiger partial charge in [-0.15, -0.1) is 5.10 Å². The van der Waals surface area contributed by atoms with Gasteiger partial charge in [-0.05, 0) is 40.2 Å². The Morgan fingerprint density at radius 1 is 1.06 bits per heavy atom. The molecule has 3 rings (SSSR count). The first-order chi connectivity index (χ1) is 8.27. The molecule has 0 aliphatic rings. The summed E-state index contributed by atoms with van der Waals surface area (Å²) in [5, 5.41) is 8.86. The van der Waals surface area contributed by atoms with Gasteiger partial charge < -0.3 is 0 Å². The van der Waals surface area contributed by atoms with Crippen LogP contribution in [-0.4, -0.2) is 15.0 Å². The second-order valence-corrected chi connectivity index (χ2v) is 4.80. The number of fused-ring (bicyclic) bond motifs is 1. The lowest BCUT2D eigenvalue weighted by Gasteiger charge is -2.05. The quantitative estimate of drug-likeness (QED) is 0.684. The van der Waals surface area contributed by atoms with Crippen LogP contribution in [0.1, 0.15) is 0 Å². The molecule has 0 aliphatic heterocycles. The van der Waals surface area contributed by atoms with Gasteiger partial charge in [0.05, 0.1) is 16.2 Å². The third kappa shape index (κ3) is 1.73. The van der Waals surface area contributed by atoms with Gasteiger partial charge in [-0.25, -0.2) is 4.68 Å². The highest BCUT2D eigenvalue weighted by Crippen LogP contribution is 2.29. The van der Waals surface area contributed by atoms with Gasteiger partial charge in [-0.2, -0.15) is 0 Å². The smallest absolute Gasteiger partial charge is 0.113 e. The van der Waals surface area contributed by atoms with Crippen LogP contribution in [0.4, 0.5) is 0 Å². The molecule has 0 fully saturated rings. The predicted octanol–water partition coefficient (Wildman–Crippen LogP) is 3.84. The van der Waals surface area contributed by atoms with Crippen molar-refractivity contribution in [2.45, 2.75) is 0 Å². The molecule has 0 bridgehead atoms. The summed E-state index contributed by atoms with van der Waals surface area (Å²) in [6, 6.07) is 13.5. The van der Waals surface area contributed by atoms with E-state index in [9.17, 15) is 0 Å². The Balaban J connectivity index is 2.31. The van der Waals surface area contributed by atoms with Gasteiger partial charge in [0, 0.05) is 4.47 Å². The first kappa shape index (κ1) is 10.7. The Hall–Kier alpha value is -1.39. The average molecular weight is 309 g/mol. The van der Waals surface area contributed by atoms with Gasteiger partial charge >= 0.3 is 0 Å². The van der Waals surface area contributed by atoms with Gasteiger partial charge in [0.1, 0.15) is 5.52 Å². The van der Waals surface area contributed by atoms with E-state index in [1.54, 1.807) is 4.68 Å². The van der Waals surface area contributed by atoms with Gasteiger partial charge in [0.25, 0.3) is 0 Å². The Morgan fingerprint density at radius 2 is 1.88 bits per heavy atom. The van der Waals surface area contributed by atoms with Gasteiger partial charge in [-0.3, -0.25) is 0 Å². The van der Waals surface area contributed by atoms with Crippen molar-refractivity contribution in [2.75, 3.05) is 0 Å². The maximum Gasteiger partial charge on any atom is 0.113 e. The molecule has 84 valence electrons. The van der Waals surface area contributed by atoms with Crippen LogP contribution in [0.5, 0.6) is 0 Å². The average Bonchev–Trinajstić information content (AvgIpc) is 2.77. The fourth-order valence-corrected chi connectivity index (χ4v) is 2.26. The lowest BCUT2D eigenvalue weighted by molar-refractivity contribution is 0.823. The molecule has 1 aromatic heterocycles. The minimum atomic E-state index is 0.628. The Bertz CT molecular complexity index is 693. The summed E-state index contributed by atoms with van der Waals surface area (Å²) >= 11 is 9.65. The molecule has 0 atom stereocenters. The van der Waals surface area contributed by atoms with Crippen LogP contribution in [0.15, 0.2) is 46.9 Å².